The molecule has 0 fully saturated rings. The van der Waals surface area contributed by atoms with Crippen LogP contribution in [0.15, 0.2) is 0 Å². The Kier molecular flexibility index (Phi) is 7.52. The Morgan fingerprint density at radius 2 is 2.18 bits per heavy atom. The molecule has 2 N–H and O–H groups in total. The predicted molar refractivity (Wildman–Crippen MR) is 62.3 cm³/mol. The van der Waals surface area contributed by atoms with Crippen molar-refractivity contribution in [1.29, 1.82) is 5.26 Å². The molecule has 0 aromatic carbocycles. The number of amides is 2. The molecule has 6 nitrogen and oxygen atoms in total. The summed E-state index contributed by atoms with van der Waals surface area (Å²) >= 11 is 0. The van der Waals surface area contributed by atoms with Gasteiger partial charge in [0, 0.05) is 26.1 Å². The van der Waals surface area contributed by atoms with Gasteiger partial charge in [-0.25, -0.2) is 4.79 Å². The van der Waals surface area contributed by atoms with Crippen molar-refractivity contribution in [3.63, 3.8) is 0 Å². The molecule has 0 radical (unpaired) electrons. The van der Waals surface area contributed by atoms with Gasteiger partial charge in [-0.2, -0.15) is 5.26 Å². The van der Waals surface area contributed by atoms with Gasteiger partial charge >= 0.3 is 12.0 Å². The predicted octanol–water partition coefficient (Wildman–Crippen LogP) is 1.18. The highest BCUT2D eigenvalue weighted by Gasteiger charge is 2.11. The van der Waals surface area contributed by atoms with Crippen molar-refractivity contribution in [1.82, 2.24) is 10.2 Å². The molecule has 0 saturated heterocycles. The highest BCUT2D eigenvalue weighted by Crippen LogP contribution is 2.01. The molecule has 2 amide bonds. The third-order valence-electron chi connectivity index (χ3n) is 2.30. The van der Waals surface area contributed by atoms with Crippen molar-refractivity contribution in [2.45, 2.75) is 38.6 Å². The molecular formula is C11H19N3O3. The van der Waals surface area contributed by atoms with Crippen LogP contribution < -0.4 is 5.32 Å². The van der Waals surface area contributed by atoms with E-state index in [1.165, 1.54) is 4.90 Å². The summed E-state index contributed by atoms with van der Waals surface area (Å²) < 4.78 is 0. The SMILES string of the molecule is CC(CCCC(=O)O)NC(=O)N(C)CCC#N. The minimum absolute atomic E-state index is 0.0635. The van der Waals surface area contributed by atoms with E-state index in [2.05, 4.69) is 5.32 Å². The van der Waals surface area contributed by atoms with Gasteiger partial charge in [0.2, 0.25) is 0 Å². The lowest BCUT2D eigenvalue weighted by molar-refractivity contribution is -0.137. The van der Waals surface area contributed by atoms with Crippen LogP contribution in [0.3, 0.4) is 0 Å². The van der Waals surface area contributed by atoms with Crippen molar-refractivity contribution < 1.29 is 14.7 Å². The van der Waals surface area contributed by atoms with Crippen molar-refractivity contribution >= 4 is 12.0 Å². The van der Waals surface area contributed by atoms with E-state index < -0.39 is 5.97 Å². The van der Waals surface area contributed by atoms with Gasteiger partial charge in [0.25, 0.3) is 0 Å². The van der Waals surface area contributed by atoms with Gasteiger partial charge in [0.05, 0.1) is 12.5 Å². The van der Waals surface area contributed by atoms with Crippen LogP contribution in [0.5, 0.6) is 0 Å². The molecule has 0 rings (SSSR count). The second-order valence-corrected chi connectivity index (χ2v) is 3.97. The monoisotopic (exact) mass is 241 g/mol. The summed E-state index contributed by atoms with van der Waals surface area (Å²) in [5.74, 6) is -0.824. The van der Waals surface area contributed by atoms with E-state index in [-0.39, 0.29) is 18.5 Å². The summed E-state index contributed by atoms with van der Waals surface area (Å²) in [6.07, 6.45) is 1.59. The van der Waals surface area contributed by atoms with Crippen LogP contribution in [-0.2, 0) is 4.79 Å². The maximum absolute atomic E-state index is 11.5. The normalized spacial score (nSPS) is 11.4. The lowest BCUT2D eigenvalue weighted by Gasteiger charge is -2.20. The summed E-state index contributed by atoms with van der Waals surface area (Å²) in [5, 5.41) is 19.6. The first-order chi connectivity index (χ1) is 7.97. The number of rotatable bonds is 7. The molecule has 96 valence electrons. The Bertz CT molecular complexity index is 299. The van der Waals surface area contributed by atoms with Gasteiger partial charge in [-0.15, -0.1) is 0 Å². The van der Waals surface area contributed by atoms with Gasteiger partial charge in [-0.05, 0) is 19.8 Å². The van der Waals surface area contributed by atoms with E-state index >= 15 is 0 Å². The highest BCUT2D eigenvalue weighted by molar-refractivity contribution is 5.74. The van der Waals surface area contributed by atoms with Crippen LogP contribution in [0.4, 0.5) is 4.79 Å². The number of hydrogen-bond acceptors (Lipinski definition) is 3. The lowest BCUT2D eigenvalue weighted by atomic mass is 10.1. The van der Waals surface area contributed by atoms with E-state index in [1.54, 1.807) is 7.05 Å². The summed E-state index contributed by atoms with van der Waals surface area (Å²) in [4.78, 5) is 23.3. The number of carbonyl (C=O) groups is 2. The van der Waals surface area contributed by atoms with Crippen LogP contribution in [-0.4, -0.2) is 41.6 Å². The molecule has 0 heterocycles. The summed E-state index contributed by atoms with van der Waals surface area (Å²) in [5.41, 5.74) is 0. The van der Waals surface area contributed by atoms with Crippen LogP contribution in [0.25, 0.3) is 0 Å². The second-order valence-electron chi connectivity index (χ2n) is 3.97. The number of carboxylic acid groups (broad SMARTS) is 1. The van der Waals surface area contributed by atoms with Gasteiger partial charge in [0.1, 0.15) is 0 Å². The summed E-state index contributed by atoms with van der Waals surface area (Å²) in [6.45, 7) is 2.22. The lowest BCUT2D eigenvalue weighted by Crippen LogP contribution is -2.42. The van der Waals surface area contributed by atoms with Gasteiger partial charge in [-0.3, -0.25) is 4.79 Å². The molecule has 0 aromatic heterocycles. The van der Waals surface area contributed by atoms with Crippen LogP contribution in [0.1, 0.15) is 32.6 Å². The Hall–Kier alpha value is -1.77. The molecule has 1 unspecified atom stereocenters. The molecule has 0 aliphatic carbocycles. The molecule has 17 heavy (non-hydrogen) atoms. The number of aliphatic carboxylic acids is 1. The van der Waals surface area contributed by atoms with Gasteiger partial charge < -0.3 is 15.3 Å². The quantitative estimate of drug-likeness (QED) is 0.700. The fourth-order valence-corrected chi connectivity index (χ4v) is 1.27. The topological polar surface area (TPSA) is 93.4 Å². The number of nitrogens with zero attached hydrogens (tertiary/aromatic N) is 2. The molecule has 0 spiro atoms. The number of nitrogens with one attached hydrogen (secondary N) is 1. The van der Waals surface area contributed by atoms with Crippen molar-refractivity contribution in [2.75, 3.05) is 13.6 Å². The van der Waals surface area contributed by atoms with Crippen molar-refractivity contribution in [2.24, 2.45) is 0 Å². The Morgan fingerprint density at radius 3 is 2.71 bits per heavy atom. The molecular weight excluding hydrogens is 222 g/mol. The van der Waals surface area contributed by atoms with Crippen molar-refractivity contribution in [3.05, 3.63) is 0 Å². The number of urea groups is 1. The van der Waals surface area contributed by atoms with E-state index in [0.29, 0.717) is 25.8 Å². The van der Waals surface area contributed by atoms with E-state index in [1.807, 2.05) is 13.0 Å². The first-order valence-corrected chi connectivity index (χ1v) is 5.57. The average Bonchev–Trinajstić information content (AvgIpc) is 2.25. The summed E-state index contributed by atoms with van der Waals surface area (Å²) in [6, 6.07) is 1.67. The number of carbonyl (C=O) groups excluding carboxylic acids is 1. The first-order valence-electron chi connectivity index (χ1n) is 5.57. The zero-order chi connectivity index (χ0) is 13.3. The maximum Gasteiger partial charge on any atom is 0.317 e. The standard InChI is InChI=1S/C11H19N3O3/c1-9(5-3-6-10(15)16)13-11(17)14(2)8-4-7-12/h9H,3-6,8H2,1-2H3,(H,13,17)(H,15,16). The van der Waals surface area contributed by atoms with Gasteiger partial charge in [0.15, 0.2) is 0 Å². The van der Waals surface area contributed by atoms with Crippen LogP contribution in [0.2, 0.25) is 0 Å². The Balaban J connectivity index is 3.79. The molecule has 0 saturated carbocycles. The van der Waals surface area contributed by atoms with E-state index in [0.717, 1.165) is 0 Å². The fraction of sp³-hybridized carbons (Fsp3) is 0.727. The maximum atomic E-state index is 11.5. The minimum atomic E-state index is -0.824. The van der Waals surface area contributed by atoms with Crippen LogP contribution in [0, 0.1) is 11.3 Å². The molecule has 0 aromatic rings. The smallest absolute Gasteiger partial charge is 0.317 e. The Labute approximate surface area is 101 Å². The number of hydrogen-bond donors (Lipinski definition) is 2. The largest absolute Gasteiger partial charge is 0.481 e. The molecule has 0 bridgehead atoms. The average molecular weight is 241 g/mol. The van der Waals surface area contributed by atoms with Gasteiger partial charge in [-0.1, -0.05) is 0 Å². The zero-order valence-electron chi connectivity index (χ0n) is 10.3. The van der Waals surface area contributed by atoms with Crippen molar-refractivity contribution in [3.8, 4) is 6.07 Å². The zero-order valence-corrected chi connectivity index (χ0v) is 10.3. The van der Waals surface area contributed by atoms with E-state index in [4.69, 9.17) is 10.4 Å². The molecule has 0 aliphatic rings. The first kappa shape index (κ1) is 15.2. The molecule has 0 aliphatic heterocycles. The Morgan fingerprint density at radius 1 is 1.53 bits per heavy atom. The second kappa shape index (κ2) is 8.39. The third-order valence-corrected chi connectivity index (χ3v) is 2.30. The summed E-state index contributed by atoms with van der Waals surface area (Å²) in [7, 11) is 1.62. The van der Waals surface area contributed by atoms with Crippen LogP contribution >= 0.6 is 0 Å². The fourth-order valence-electron chi connectivity index (χ4n) is 1.27. The molecule has 6 heteroatoms. The number of nitriles is 1. The third kappa shape index (κ3) is 8.08. The minimum Gasteiger partial charge on any atom is -0.481 e. The highest BCUT2D eigenvalue weighted by atomic mass is 16.4. The number of carboxylic acids is 1. The molecule has 1 atom stereocenters. The van der Waals surface area contributed by atoms with E-state index in [9.17, 15) is 9.59 Å².